The lowest BCUT2D eigenvalue weighted by molar-refractivity contribution is 0.169. The maximum absolute atomic E-state index is 10.9. The molecule has 4 nitrogen and oxygen atoms in total. The second-order valence-corrected chi connectivity index (χ2v) is 5.70. The molecule has 80 valence electrons. The predicted octanol–water partition coefficient (Wildman–Crippen LogP) is 0.0440. The van der Waals surface area contributed by atoms with Gasteiger partial charge in [-0.15, -0.1) is 0 Å². The summed E-state index contributed by atoms with van der Waals surface area (Å²) < 4.78 is 26.7. The van der Waals surface area contributed by atoms with Crippen LogP contribution in [0.2, 0.25) is 0 Å². The van der Waals surface area contributed by atoms with Gasteiger partial charge >= 0.3 is 0 Å². The van der Waals surface area contributed by atoms with Crippen LogP contribution in [0.1, 0.15) is 13.8 Å². The van der Waals surface area contributed by atoms with Crippen molar-refractivity contribution in [1.29, 1.82) is 0 Å². The Kier molecular flexibility index (Phi) is 5.51. The molecule has 0 radical (unpaired) electrons. The summed E-state index contributed by atoms with van der Waals surface area (Å²) >= 11 is 0. The van der Waals surface area contributed by atoms with Crippen LogP contribution >= 0.6 is 0 Å². The average molecular weight is 209 g/mol. The molecule has 0 heterocycles. The summed E-state index contributed by atoms with van der Waals surface area (Å²) in [4.78, 5) is 0. The molecule has 13 heavy (non-hydrogen) atoms. The number of ether oxygens (including phenoxy) is 1. The number of hydrogen-bond donors (Lipinski definition) is 1. The maximum Gasteiger partial charge on any atom is 0.148 e. The molecule has 0 amide bonds. The quantitative estimate of drug-likeness (QED) is 0.671. The van der Waals surface area contributed by atoms with E-state index in [1.54, 1.807) is 7.11 Å². The Hall–Kier alpha value is -0.130. The molecule has 0 aliphatic carbocycles. The van der Waals surface area contributed by atoms with Crippen molar-refractivity contribution in [2.45, 2.75) is 25.9 Å². The predicted molar refractivity (Wildman–Crippen MR) is 53.6 cm³/mol. The lowest BCUT2D eigenvalue weighted by atomic mass is 10.3. The van der Waals surface area contributed by atoms with Crippen molar-refractivity contribution >= 4 is 9.84 Å². The minimum Gasteiger partial charge on any atom is -0.383 e. The van der Waals surface area contributed by atoms with Crippen molar-refractivity contribution in [3.05, 3.63) is 0 Å². The zero-order valence-corrected chi connectivity index (χ0v) is 9.52. The summed E-state index contributed by atoms with van der Waals surface area (Å²) in [7, 11) is -1.26. The van der Waals surface area contributed by atoms with Crippen LogP contribution in [0.5, 0.6) is 0 Å². The highest BCUT2D eigenvalue weighted by Gasteiger charge is 2.12. The number of nitrogens with one attached hydrogen (secondary N) is 1. The van der Waals surface area contributed by atoms with Gasteiger partial charge in [0.15, 0.2) is 0 Å². The van der Waals surface area contributed by atoms with Crippen LogP contribution in [0.25, 0.3) is 0 Å². The number of hydrogen-bond acceptors (Lipinski definition) is 4. The topological polar surface area (TPSA) is 55.4 Å². The van der Waals surface area contributed by atoms with E-state index in [9.17, 15) is 8.42 Å². The van der Waals surface area contributed by atoms with Crippen LogP contribution in [0.15, 0.2) is 0 Å². The molecule has 0 rings (SSSR count). The minimum absolute atomic E-state index is 0.0276. The molecule has 0 aromatic carbocycles. The smallest absolute Gasteiger partial charge is 0.148 e. The van der Waals surface area contributed by atoms with Gasteiger partial charge in [-0.2, -0.15) is 0 Å². The highest BCUT2D eigenvalue weighted by Crippen LogP contribution is 1.93. The van der Waals surface area contributed by atoms with Crippen LogP contribution < -0.4 is 5.32 Å². The summed E-state index contributed by atoms with van der Waals surface area (Å²) in [5, 5.41) is 3.13. The van der Waals surface area contributed by atoms with Crippen molar-refractivity contribution in [2.24, 2.45) is 0 Å². The monoisotopic (exact) mass is 209 g/mol. The third-order valence-electron chi connectivity index (χ3n) is 1.54. The fourth-order valence-electron chi connectivity index (χ4n) is 1.29. The molecule has 0 fully saturated rings. The molecule has 0 aliphatic rings. The first kappa shape index (κ1) is 12.9. The Morgan fingerprint density at radius 2 is 1.85 bits per heavy atom. The van der Waals surface area contributed by atoms with Gasteiger partial charge in [-0.05, 0) is 13.8 Å². The Balaban J connectivity index is 3.80. The van der Waals surface area contributed by atoms with E-state index in [1.807, 2.05) is 13.8 Å². The van der Waals surface area contributed by atoms with Crippen molar-refractivity contribution in [3.8, 4) is 0 Å². The Morgan fingerprint density at radius 3 is 2.23 bits per heavy atom. The molecular formula is C8H19NO3S. The third-order valence-corrected chi connectivity index (χ3v) is 2.64. The molecule has 0 aliphatic heterocycles. The Labute approximate surface area is 80.6 Å². The molecule has 0 saturated carbocycles. The van der Waals surface area contributed by atoms with Crippen LogP contribution in [-0.2, 0) is 14.6 Å². The molecule has 1 N–H and O–H groups in total. The molecule has 5 heteroatoms. The van der Waals surface area contributed by atoms with Crippen molar-refractivity contribution in [3.63, 3.8) is 0 Å². The summed E-state index contributed by atoms with van der Waals surface area (Å²) in [5.74, 6) is 0.168. The molecule has 2 atom stereocenters. The standard InChI is InChI=1S/C8H19NO3S/c1-7(5-12-3)9-8(2)6-13(4,10)11/h7-9H,5-6H2,1-4H3. The SMILES string of the molecule is COCC(C)NC(C)CS(C)(=O)=O. The second kappa shape index (κ2) is 5.57. The maximum atomic E-state index is 10.9. The molecule has 0 aromatic rings. The normalized spacial score (nSPS) is 16.9. The molecule has 2 unspecified atom stereocenters. The third kappa shape index (κ3) is 8.21. The minimum atomic E-state index is -2.89. The van der Waals surface area contributed by atoms with Crippen molar-refractivity contribution in [2.75, 3.05) is 25.7 Å². The van der Waals surface area contributed by atoms with Gasteiger partial charge < -0.3 is 10.1 Å². The first-order chi connectivity index (χ1) is 5.85. The molecular weight excluding hydrogens is 190 g/mol. The summed E-state index contributed by atoms with van der Waals surface area (Å²) in [6.07, 6.45) is 1.24. The van der Waals surface area contributed by atoms with E-state index in [2.05, 4.69) is 5.32 Å². The highest BCUT2D eigenvalue weighted by molar-refractivity contribution is 7.90. The zero-order chi connectivity index (χ0) is 10.5. The fraction of sp³-hybridized carbons (Fsp3) is 1.00. The van der Waals surface area contributed by atoms with Crippen molar-refractivity contribution in [1.82, 2.24) is 5.32 Å². The molecule has 0 bridgehead atoms. The first-order valence-corrected chi connectivity index (χ1v) is 6.34. The lowest BCUT2D eigenvalue weighted by Gasteiger charge is -2.18. The van der Waals surface area contributed by atoms with E-state index in [4.69, 9.17) is 4.74 Å². The number of methoxy groups -OCH3 is 1. The number of rotatable bonds is 6. The first-order valence-electron chi connectivity index (χ1n) is 4.28. The van der Waals surface area contributed by atoms with E-state index >= 15 is 0 Å². The largest absolute Gasteiger partial charge is 0.383 e. The summed E-state index contributed by atoms with van der Waals surface area (Å²) in [5.41, 5.74) is 0. The fourth-order valence-corrected chi connectivity index (χ4v) is 2.29. The van der Waals surface area contributed by atoms with Gasteiger partial charge in [0.05, 0.1) is 12.4 Å². The summed E-state index contributed by atoms with van der Waals surface area (Å²) in [6, 6.07) is 0.155. The van der Waals surface area contributed by atoms with Gasteiger partial charge in [-0.3, -0.25) is 0 Å². The van der Waals surface area contributed by atoms with Crippen LogP contribution in [-0.4, -0.2) is 46.2 Å². The van der Waals surface area contributed by atoms with E-state index in [0.29, 0.717) is 6.61 Å². The number of sulfone groups is 1. The Morgan fingerprint density at radius 1 is 1.31 bits per heavy atom. The molecule has 0 saturated heterocycles. The molecule has 0 aromatic heterocycles. The van der Waals surface area contributed by atoms with Gasteiger partial charge in [-0.1, -0.05) is 0 Å². The van der Waals surface area contributed by atoms with E-state index < -0.39 is 9.84 Å². The zero-order valence-electron chi connectivity index (χ0n) is 8.70. The van der Waals surface area contributed by atoms with Crippen molar-refractivity contribution < 1.29 is 13.2 Å². The van der Waals surface area contributed by atoms with Gasteiger partial charge in [-0.25, -0.2) is 8.42 Å². The van der Waals surface area contributed by atoms with E-state index in [0.717, 1.165) is 0 Å². The van der Waals surface area contributed by atoms with Crippen LogP contribution in [0, 0.1) is 0 Å². The van der Waals surface area contributed by atoms with Gasteiger partial charge in [0.2, 0.25) is 0 Å². The van der Waals surface area contributed by atoms with E-state index in [-0.39, 0.29) is 17.8 Å². The second-order valence-electron chi connectivity index (χ2n) is 3.52. The van der Waals surface area contributed by atoms with E-state index in [1.165, 1.54) is 6.26 Å². The molecule has 0 spiro atoms. The summed E-state index contributed by atoms with van der Waals surface area (Å²) in [6.45, 7) is 4.41. The van der Waals surface area contributed by atoms with Gasteiger partial charge in [0.25, 0.3) is 0 Å². The van der Waals surface area contributed by atoms with Crippen LogP contribution in [0.4, 0.5) is 0 Å². The Bertz CT molecular complexity index is 226. The lowest BCUT2D eigenvalue weighted by Crippen LogP contribution is -2.40. The highest BCUT2D eigenvalue weighted by atomic mass is 32.2. The van der Waals surface area contributed by atoms with Crippen LogP contribution in [0.3, 0.4) is 0 Å². The van der Waals surface area contributed by atoms with Gasteiger partial charge in [0.1, 0.15) is 9.84 Å². The average Bonchev–Trinajstić information content (AvgIpc) is 1.81. The van der Waals surface area contributed by atoms with Gasteiger partial charge in [0, 0.05) is 25.4 Å².